The SMILES string of the molecule is CCCCCn1nc(Cc2ccc(F)cc2)c(C#N)c1N. The van der Waals surface area contributed by atoms with Gasteiger partial charge in [0.15, 0.2) is 0 Å². The van der Waals surface area contributed by atoms with Crippen LogP contribution in [0, 0.1) is 17.1 Å². The Kier molecular flexibility index (Phi) is 4.94. The fourth-order valence-electron chi connectivity index (χ4n) is 2.25. The Hall–Kier alpha value is -2.35. The van der Waals surface area contributed by atoms with Gasteiger partial charge in [-0.1, -0.05) is 31.9 Å². The molecule has 0 radical (unpaired) electrons. The fraction of sp³-hybridized carbons (Fsp3) is 0.375. The largest absolute Gasteiger partial charge is 0.383 e. The number of nitrogens with two attached hydrogens (primary N) is 1. The van der Waals surface area contributed by atoms with Crippen LogP contribution in [-0.4, -0.2) is 9.78 Å². The quantitative estimate of drug-likeness (QED) is 0.829. The molecule has 4 nitrogen and oxygen atoms in total. The topological polar surface area (TPSA) is 67.6 Å². The lowest BCUT2D eigenvalue weighted by Crippen LogP contribution is -2.05. The number of aromatic nitrogens is 2. The van der Waals surface area contributed by atoms with Gasteiger partial charge in [0.1, 0.15) is 23.3 Å². The molecule has 21 heavy (non-hydrogen) atoms. The summed E-state index contributed by atoms with van der Waals surface area (Å²) in [6.45, 7) is 2.85. The molecule has 0 aliphatic rings. The maximum absolute atomic E-state index is 12.9. The predicted molar refractivity (Wildman–Crippen MR) is 80.1 cm³/mol. The zero-order valence-corrected chi connectivity index (χ0v) is 12.1. The molecule has 0 aliphatic heterocycles. The second kappa shape index (κ2) is 6.89. The molecule has 0 fully saturated rings. The summed E-state index contributed by atoms with van der Waals surface area (Å²) >= 11 is 0. The molecule has 5 heteroatoms. The van der Waals surface area contributed by atoms with E-state index in [2.05, 4.69) is 18.1 Å². The minimum absolute atomic E-state index is 0.274. The van der Waals surface area contributed by atoms with E-state index in [1.807, 2.05) is 0 Å². The highest BCUT2D eigenvalue weighted by Gasteiger charge is 2.15. The standard InChI is InChI=1S/C16H19FN4/c1-2-3-4-9-21-16(19)14(11-18)15(20-21)10-12-5-7-13(17)8-6-12/h5-8H,2-4,9-10,19H2,1H3. The predicted octanol–water partition coefficient (Wildman–Crippen LogP) is 3.26. The molecule has 0 bridgehead atoms. The summed E-state index contributed by atoms with van der Waals surface area (Å²) in [5, 5.41) is 13.7. The Bertz CT molecular complexity index is 638. The van der Waals surface area contributed by atoms with Crippen LogP contribution in [0.4, 0.5) is 10.2 Å². The molecule has 1 aromatic heterocycles. The second-order valence-electron chi connectivity index (χ2n) is 5.05. The van der Waals surface area contributed by atoms with E-state index in [1.165, 1.54) is 12.1 Å². The number of nitriles is 1. The third-order valence-electron chi connectivity index (χ3n) is 3.43. The smallest absolute Gasteiger partial charge is 0.140 e. The lowest BCUT2D eigenvalue weighted by Gasteiger charge is -2.02. The van der Waals surface area contributed by atoms with Gasteiger partial charge >= 0.3 is 0 Å². The summed E-state index contributed by atoms with van der Waals surface area (Å²) in [7, 11) is 0. The van der Waals surface area contributed by atoms with E-state index in [0.29, 0.717) is 23.5 Å². The van der Waals surface area contributed by atoms with Crippen molar-refractivity contribution in [2.75, 3.05) is 5.73 Å². The molecule has 0 unspecified atom stereocenters. The lowest BCUT2D eigenvalue weighted by atomic mass is 10.1. The molecular formula is C16H19FN4. The summed E-state index contributed by atoms with van der Waals surface area (Å²) in [6, 6.07) is 8.33. The highest BCUT2D eigenvalue weighted by molar-refractivity contribution is 5.53. The van der Waals surface area contributed by atoms with Crippen molar-refractivity contribution in [2.24, 2.45) is 0 Å². The van der Waals surface area contributed by atoms with Crippen LogP contribution in [0.15, 0.2) is 24.3 Å². The van der Waals surface area contributed by atoms with Gasteiger partial charge in [-0.05, 0) is 24.1 Å². The van der Waals surface area contributed by atoms with Gasteiger partial charge in [-0.15, -0.1) is 0 Å². The Morgan fingerprint density at radius 2 is 2.00 bits per heavy atom. The Morgan fingerprint density at radius 1 is 1.29 bits per heavy atom. The van der Waals surface area contributed by atoms with E-state index >= 15 is 0 Å². The van der Waals surface area contributed by atoms with Crippen LogP contribution in [0.3, 0.4) is 0 Å². The number of hydrogen-bond acceptors (Lipinski definition) is 3. The zero-order chi connectivity index (χ0) is 15.2. The summed E-state index contributed by atoms with van der Waals surface area (Å²) in [5.41, 5.74) is 7.98. The van der Waals surface area contributed by atoms with Crippen molar-refractivity contribution in [3.63, 3.8) is 0 Å². The van der Waals surface area contributed by atoms with Gasteiger partial charge in [-0.25, -0.2) is 9.07 Å². The van der Waals surface area contributed by atoms with E-state index < -0.39 is 0 Å². The molecular weight excluding hydrogens is 267 g/mol. The van der Waals surface area contributed by atoms with E-state index in [1.54, 1.807) is 16.8 Å². The number of nitrogen functional groups attached to an aromatic ring is 1. The molecule has 0 amide bonds. The van der Waals surface area contributed by atoms with Gasteiger partial charge in [0.05, 0.1) is 5.69 Å². The molecule has 2 N–H and O–H groups in total. The molecule has 0 spiro atoms. The van der Waals surface area contributed by atoms with Crippen LogP contribution in [0.5, 0.6) is 0 Å². The number of halogens is 1. The molecule has 0 saturated carbocycles. The molecule has 1 heterocycles. The minimum Gasteiger partial charge on any atom is -0.383 e. The number of aryl methyl sites for hydroxylation is 1. The third kappa shape index (κ3) is 3.60. The maximum atomic E-state index is 12.9. The first kappa shape index (κ1) is 15.0. The van der Waals surface area contributed by atoms with Gasteiger partial charge in [-0.3, -0.25) is 0 Å². The van der Waals surface area contributed by atoms with Gasteiger partial charge in [0.2, 0.25) is 0 Å². The molecule has 2 aromatic rings. The third-order valence-corrected chi connectivity index (χ3v) is 3.43. The minimum atomic E-state index is -0.274. The summed E-state index contributed by atoms with van der Waals surface area (Å²) < 4.78 is 14.6. The first-order chi connectivity index (χ1) is 10.2. The van der Waals surface area contributed by atoms with Crippen LogP contribution < -0.4 is 5.73 Å². The Labute approximate surface area is 124 Å². The van der Waals surface area contributed by atoms with Crippen molar-refractivity contribution in [3.8, 4) is 6.07 Å². The number of rotatable bonds is 6. The molecule has 0 aliphatic carbocycles. The average Bonchev–Trinajstić information content (AvgIpc) is 2.77. The van der Waals surface area contributed by atoms with Gasteiger partial charge in [0, 0.05) is 13.0 Å². The van der Waals surface area contributed by atoms with Crippen LogP contribution in [0.25, 0.3) is 0 Å². The maximum Gasteiger partial charge on any atom is 0.140 e. The monoisotopic (exact) mass is 286 g/mol. The highest BCUT2D eigenvalue weighted by atomic mass is 19.1. The first-order valence-corrected chi connectivity index (χ1v) is 7.15. The number of nitrogens with zero attached hydrogens (tertiary/aromatic N) is 3. The number of anilines is 1. The van der Waals surface area contributed by atoms with Crippen LogP contribution in [0.2, 0.25) is 0 Å². The van der Waals surface area contributed by atoms with Crippen molar-refractivity contribution in [3.05, 3.63) is 46.9 Å². The Balaban J connectivity index is 2.20. The highest BCUT2D eigenvalue weighted by Crippen LogP contribution is 2.20. The molecule has 0 atom stereocenters. The zero-order valence-electron chi connectivity index (χ0n) is 12.1. The summed E-state index contributed by atoms with van der Waals surface area (Å²) in [4.78, 5) is 0. The number of unbranched alkanes of at least 4 members (excludes halogenated alkanes) is 2. The summed E-state index contributed by atoms with van der Waals surface area (Å²) in [6.07, 6.45) is 3.70. The van der Waals surface area contributed by atoms with Gasteiger partial charge < -0.3 is 5.73 Å². The second-order valence-corrected chi connectivity index (χ2v) is 5.05. The van der Waals surface area contributed by atoms with Crippen LogP contribution in [0.1, 0.15) is 43.0 Å². The molecule has 110 valence electrons. The molecule has 0 saturated heterocycles. The fourth-order valence-corrected chi connectivity index (χ4v) is 2.25. The van der Waals surface area contributed by atoms with E-state index in [0.717, 1.165) is 31.4 Å². The van der Waals surface area contributed by atoms with E-state index in [9.17, 15) is 9.65 Å². The first-order valence-electron chi connectivity index (χ1n) is 7.15. The molecule has 1 aromatic carbocycles. The van der Waals surface area contributed by atoms with Gasteiger partial charge in [0.25, 0.3) is 0 Å². The van der Waals surface area contributed by atoms with E-state index in [-0.39, 0.29) is 5.82 Å². The Morgan fingerprint density at radius 3 is 2.62 bits per heavy atom. The van der Waals surface area contributed by atoms with Crippen molar-refractivity contribution in [1.82, 2.24) is 9.78 Å². The molecule has 2 rings (SSSR count). The lowest BCUT2D eigenvalue weighted by molar-refractivity contribution is 0.555. The van der Waals surface area contributed by atoms with Crippen molar-refractivity contribution in [1.29, 1.82) is 5.26 Å². The van der Waals surface area contributed by atoms with Crippen molar-refractivity contribution >= 4 is 5.82 Å². The number of hydrogen-bond donors (Lipinski definition) is 1. The normalized spacial score (nSPS) is 10.5. The summed E-state index contributed by atoms with van der Waals surface area (Å²) in [5.74, 6) is 0.148. The average molecular weight is 286 g/mol. The van der Waals surface area contributed by atoms with Crippen molar-refractivity contribution < 1.29 is 4.39 Å². The van der Waals surface area contributed by atoms with Crippen molar-refractivity contribution in [2.45, 2.75) is 39.2 Å². The van der Waals surface area contributed by atoms with Gasteiger partial charge in [-0.2, -0.15) is 10.4 Å². The van der Waals surface area contributed by atoms with Crippen LogP contribution in [-0.2, 0) is 13.0 Å². The number of benzene rings is 1. The van der Waals surface area contributed by atoms with E-state index in [4.69, 9.17) is 5.73 Å². The van der Waals surface area contributed by atoms with Crippen LogP contribution >= 0.6 is 0 Å².